The molecule has 0 fully saturated rings. The smallest absolute Gasteiger partial charge is 0.145 e. The maximum absolute atomic E-state index is 6.33. The molecule has 0 aliphatic rings. The van der Waals surface area contributed by atoms with Crippen molar-refractivity contribution in [3.05, 3.63) is 21.4 Å². The molecule has 110 valence electrons. The molecular weight excluding hydrogens is 290 g/mol. The first-order valence-electron chi connectivity index (χ1n) is 7.13. The molecule has 3 nitrogen and oxygen atoms in total. The van der Waals surface area contributed by atoms with E-state index < -0.39 is 0 Å². The molecule has 0 saturated heterocycles. The predicted octanol–water partition coefficient (Wildman–Crippen LogP) is 4.58. The molecule has 2 rings (SSSR count). The number of aryl methyl sites for hydroxylation is 2. The van der Waals surface area contributed by atoms with E-state index in [2.05, 4.69) is 42.7 Å². The van der Waals surface area contributed by atoms with Gasteiger partial charge in [-0.25, -0.2) is 9.97 Å². The van der Waals surface area contributed by atoms with Crippen molar-refractivity contribution in [2.24, 2.45) is 0 Å². The zero-order valence-electron chi connectivity index (χ0n) is 12.7. The molecule has 0 aliphatic carbocycles. The van der Waals surface area contributed by atoms with Gasteiger partial charge in [0.25, 0.3) is 0 Å². The zero-order chi connectivity index (χ0) is 14.7. The lowest BCUT2D eigenvalue weighted by atomic mass is 10.2. The van der Waals surface area contributed by atoms with Gasteiger partial charge >= 0.3 is 0 Å². The van der Waals surface area contributed by atoms with Gasteiger partial charge < -0.3 is 0 Å². The summed E-state index contributed by atoms with van der Waals surface area (Å²) in [7, 11) is 2.11. The molecule has 0 aromatic carbocycles. The quantitative estimate of drug-likeness (QED) is 0.577. The molecule has 2 aromatic heterocycles. The summed E-state index contributed by atoms with van der Waals surface area (Å²) in [5.41, 5.74) is 1.21. The molecule has 0 bridgehead atoms. The number of aromatic nitrogens is 2. The number of nitrogens with zero attached hydrogens (tertiary/aromatic N) is 3. The molecule has 0 unspecified atom stereocenters. The summed E-state index contributed by atoms with van der Waals surface area (Å²) < 4.78 is 0. The van der Waals surface area contributed by atoms with Crippen LogP contribution in [0.25, 0.3) is 10.2 Å². The molecule has 0 amide bonds. The van der Waals surface area contributed by atoms with Crippen LogP contribution in [0.15, 0.2) is 0 Å². The largest absolute Gasteiger partial charge is 0.299 e. The van der Waals surface area contributed by atoms with Gasteiger partial charge in [-0.15, -0.1) is 11.3 Å². The highest BCUT2D eigenvalue weighted by Crippen LogP contribution is 2.32. The summed E-state index contributed by atoms with van der Waals surface area (Å²) in [6, 6.07) is 0. The maximum Gasteiger partial charge on any atom is 0.145 e. The van der Waals surface area contributed by atoms with E-state index in [9.17, 15) is 0 Å². The molecule has 0 saturated carbocycles. The Balaban J connectivity index is 2.15. The Hall–Kier alpha value is -0.710. The predicted molar refractivity (Wildman–Crippen MR) is 87.8 cm³/mol. The van der Waals surface area contributed by atoms with Crippen molar-refractivity contribution in [1.82, 2.24) is 14.9 Å². The minimum absolute atomic E-state index is 0.591. The van der Waals surface area contributed by atoms with E-state index in [0.29, 0.717) is 5.15 Å². The second-order valence-electron chi connectivity index (χ2n) is 5.34. The van der Waals surface area contributed by atoms with Crippen molar-refractivity contribution in [3.8, 4) is 0 Å². The summed E-state index contributed by atoms with van der Waals surface area (Å²) in [5.74, 6) is 0.822. The van der Waals surface area contributed by atoms with Gasteiger partial charge in [0, 0.05) is 4.88 Å². The maximum atomic E-state index is 6.33. The number of unbranched alkanes of at least 4 members (excludes halogenated alkanes) is 2. The summed E-state index contributed by atoms with van der Waals surface area (Å²) in [4.78, 5) is 13.7. The number of hydrogen-bond donors (Lipinski definition) is 0. The number of halogens is 1. The highest BCUT2D eigenvalue weighted by Gasteiger charge is 2.13. The van der Waals surface area contributed by atoms with Crippen molar-refractivity contribution >= 4 is 33.2 Å². The Morgan fingerprint density at radius 1 is 1.20 bits per heavy atom. The molecule has 2 heterocycles. The van der Waals surface area contributed by atoms with Gasteiger partial charge in [0.1, 0.15) is 15.8 Å². The molecule has 0 radical (unpaired) electrons. The third kappa shape index (κ3) is 3.48. The highest BCUT2D eigenvalue weighted by atomic mass is 35.5. The summed E-state index contributed by atoms with van der Waals surface area (Å²) >= 11 is 8.03. The lowest BCUT2D eigenvalue weighted by Gasteiger charge is -2.15. The first-order chi connectivity index (χ1) is 9.52. The first-order valence-corrected chi connectivity index (χ1v) is 8.33. The highest BCUT2D eigenvalue weighted by molar-refractivity contribution is 7.18. The number of fused-ring (bicyclic) bond motifs is 1. The molecule has 0 N–H and O–H groups in total. The van der Waals surface area contributed by atoms with E-state index in [-0.39, 0.29) is 0 Å². The second-order valence-corrected chi connectivity index (χ2v) is 6.90. The van der Waals surface area contributed by atoms with Crippen molar-refractivity contribution in [3.63, 3.8) is 0 Å². The average molecular weight is 312 g/mol. The molecule has 20 heavy (non-hydrogen) atoms. The van der Waals surface area contributed by atoms with Crippen LogP contribution in [-0.2, 0) is 6.54 Å². The summed E-state index contributed by atoms with van der Waals surface area (Å²) in [6.07, 6.45) is 3.74. The summed E-state index contributed by atoms with van der Waals surface area (Å²) in [5, 5.41) is 1.61. The third-order valence-electron chi connectivity index (χ3n) is 3.59. The molecular formula is C15H22ClN3S. The van der Waals surface area contributed by atoms with Crippen LogP contribution in [0.2, 0.25) is 5.15 Å². The Bertz CT molecular complexity index is 594. The van der Waals surface area contributed by atoms with E-state index >= 15 is 0 Å². The van der Waals surface area contributed by atoms with Crippen LogP contribution in [0.1, 0.15) is 42.5 Å². The monoisotopic (exact) mass is 311 g/mol. The molecule has 0 atom stereocenters. The van der Waals surface area contributed by atoms with Crippen LogP contribution in [0.5, 0.6) is 0 Å². The summed E-state index contributed by atoms with van der Waals surface area (Å²) in [6.45, 7) is 8.25. The van der Waals surface area contributed by atoms with Crippen LogP contribution in [0, 0.1) is 13.8 Å². The van der Waals surface area contributed by atoms with Crippen LogP contribution < -0.4 is 0 Å². The van der Waals surface area contributed by atoms with Crippen LogP contribution in [-0.4, -0.2) is 28.5 Å². The van der Waals surface area contributed by atoms with Crippen molar-refractivity contribution in [2.45, 2.75) is 46.6 Å². The Morgan fingerprint density at radius 2 is 1.95 bits per heavy atom. The van der Waals surface area contributed by atoms with Gasteiger partial charge in [-0.2, -0.15) is 0 Å². The lowest BCUT2D eigenvalue weighted by Crippen LogP contribution is -2.20. The standard InChI is InChI=1S/C15H22ClN3S/c1-5-6-7-8-19(4)9-12-17-14(16)13-10(2)11(3)20-15(13)18-12/h5-9H2,1-4H3. The topological polar surface area (TPSA) is 29.0 Å². The van der Waals surface area contributed by atoms with Gasteiger partial charge in [0.2, 0.25) is 0 Å². The fraction of sp³-hybridized carbons (Fsp3) is 0.600. The second kappa shape index (κ2) is 6.83. The first kappa shape index (κ1) is 15.7. The average Bonchev–Trinajstić information content (AvgIpc) is 2.65. The normalized spacial score (nSPS) is 11.7. The van der Waals surface area contributed by atoms with Gasteiger partial charge in [-0.1, -0.05) is 31.4 Å². The fourth-order valence-electron chi connectivity index (χ4n) is 2.27. The van der Waals surface area contributed by atoms with Crippen molar-refractivity contribution in [2.75, 3.05) is 13.6 Å². The molecule has 0 aliphatic heterocycles. The molecule has 5 heteroatoms. The SMILES string of the molecule is CCCCCN(C)Cc1nc(Cl)c2c(C)c(C)sc2n1. The Morgan fingerprint density at radius 3 is 2.65 bits per heavy atom. The van der Waals surface area contributed by atoms with Gasteiger partial charge in [-0.3, -0.25) is 4.90 Å². The van der Waals surface area contributed by atoms with Crippen molar-refractivity contribution in [1.29, 1.82) is 0 Å². The van der Waals surface area contributed by atoms with E-state index in [1.54, 1.807) is 11.3 Å². The minimum atomic E-state index is 0.591. The van der Waals surface area contributed by atoms with E-state index in [1.165, 1.54) is 29.7 Å². The van der Waals surface area contributed by atoms with Gasteiger partial charge in [0.15, 0.2) is 0 Å². The third-order valence-corrected chi connectivity index (χ3v) is 4.96. The minimum Gasteiger partial charge on any atom is -0.299 e. The van der Waals surface area contributed by atoms with Crippen LogP contribution >= 0.6 is 22.9 Å². The zero-order valence-corrected chi connectivity index (χ0v) is 14.2. The van der Waals surface area contributed by atoms with Crippen LogP contribution in [0.3, 0.4) is 0 Å². The van der Waals surface area contributed by atoms with Crippen molar-refractivity contribution < 1.29 is 0 Å². The van der Waals surface area contributed by atoms with Gasteiger partial charge in [-0.05, 0) is 39.4 Å². The Kier molecular flexibility index (Phi) is 5.35. The number of hydrogen-bond acceptors (Lipinski definition) is 4. The fourth-order valence-corrected chi connectivity index (χ4v) is 3.70. The van der Waals surface area contributed by atoms with E-state index in [0.717, 1.165) is 29.1 Å². The van der Waals surface area contributed by atoms with Crippen LogP contribution in [0.4, 0.5) is 0 Å². The lowest BCUT2D eigenvalue weighted by molar-refractivity contribution is 0.311. The Labute approximate surface area is 130 Å². The van der Waals surface area contributed by atoms with E-state index in [1.807, 2.05) is 0 Å². The number of thiophene rings is 1. The number of rotatable bonds is 6. The van der Waals surface area contributed by atoms with Gasteiger partial charge in [0.05, 0.1) is 11.9 Å². The van der Waals surface area contributed by atoms with E-state index in [4.69, 9.17) is 11.6 Å². The molecule has 0 spiro atoms. The molecule has 2 aromatic rings.